The lowest BCUT2D eigenvalue weighted by Gasteiger charge is -2.34. The zero-order valence-corrected chi connectivity index (χ0v) is 12.5. The molecule has 2 aromatic rings. The van der Waals surface area contributed by atoms with Crippen LogP contribution >= 0.6 is 0 Å². The molecule has 1 aliphatic carbocycles. The molecular weight excluding hydrogens is 266 g/mol. The molecule has 1 aromatic heterocycles. The topological polar surface area (TPSA) is 78.8 Å². The monoisotopic (exact) mass is 287 g/mol. The molecule has 0 radical (unpaired) electrons. The average Bonchev–Trinajstić information content (AvgIpc) is 2.97. The molecule has 21 heavy (non-hydrogen) atoms. The number of anilines is 1. The van der Waals surface area contributed by atoms with Crippen molar-refractivity contribution in [1.29, 1.82) is 0 Å². The zero-order valence-electron chi connectivity index (χ0n) is 12.5. The molecular formula is C15H21N5O. The van der Waals surface area contributed by atoms with Gasteiger partial charge in [-0.25, -0.2) is 4.68 Å². The summed E-state index contributed by atoms with van der Waals surface area (Å²) in [4.78, 5) is 0. The number of nitrogens with two attached hydrogens (primary N) is 1. The lowest BCUT2D eigenvalue weighted by Crippen LogP contribution is -2.34. The smallest absolute Gasteiger partial charge is 0.188 e. The first-order chi connectivity index (χ1) is 10.2. The first-order valence-electron chi connectivity index (χ1n) is 7.37. The van der Waals surface area contributed by atoms with Crippen LogP contribution < -0.4 is 10.5 Å². The van der Waals surface area contributed by atoms with Crippen LogP contribution in [0.5, 0.6) is 5.75 Å². The molecule has 1 aliphatic rings. The summed E-state index contributed by atoms with van der Waals surface area (Å²) in [6.07, 6.45) is 5.86. The minimum Gasteiger partial charge on any atom is -0.496 e. The van der Waals surface area contributed by atoms with Crippen LogP contribution in [0, 0.1) is 0 Å². The Balaban J connectivity index is 2.11. The summed E-state index contributed by atoms with van der Waals surface area (Å²) in [6, 6.07) is 5.60. The van der Waals surface area contributed by atoms with Crippen LogP contribution in [0.2, 0.25) is 0 Å². The summed E-state index contributed by atoms with van der Waals surface area (Å²) in [5.74, 6) is 1.39. The van der Waals surface area contributed by atoms with Crippen molar-refractivity contribution in [2.24, 2.45) is 0 Å². The Bertz CT molecular complexity index is 631. The van der Waals surface area contributed by atoms with Crippen molar-refractivity contribution in [3.05, 3.63) is 18.2 Å². The van der Waals surface area contributed by atoms with Crippen LogP contribution in [0.25, 0.3) is 11.4 Å². The van der Waals surface area contributed by atoms with Gasteiger partial charge in [0, 0.05) is 5.69 Å². The molecule has 2 N–H and O–H groups in total. The van der Waals surface area contributed by atoms with Crippen molar-refractivity contribution in [3.8, 4) is 17.1 Å². The molecule has 0 atom stereocenters. The van der Waals surface area contributed by atoms with Crippen molar-refractivity contribution in [2.75, 3.05) is 12.8 Å². The highest BCUT2D eigenvalue weighted by molar-refractivity contribution is 5.77. The van der Waals surface area contributed by atoms with Crippen LogP contribution in [0.4, 0.5) is 5.69 Å². The molecule has 0 aliphatic heterocycles. The van der Waals surface area contributed by atoms with Crippen molar-refractivity contribution >= 4 is 5.69 Å². The van der Waals surface area contributed by atoms with E-state index in [0.717, 1.165) is 18.4 Å². The van der Waals surface area contributed by atoms with Gasteiger partial charge in [0.25, 0.3) is 0 Å². The second-order valence-electron chi connectivity index (χ2n) is 5.90. The van der Waals surface area contributed by atoms with Gasteiger partial charge >= 0.3 is 0 Å². The normalized spacial score (nSPS) is 17.6. The van der Waals surface area contributed by atoms with E-state index in [1.54, 1.807) is 7.11 Å². The van der Waals surface area contributed by atoms with E-state index >= 15 is 0 Å². The van der Waals surface area contributed by atoms with E-state index in [4.69, 9.17) is 10.5 Å². The lowest BCUT2D eigenvalue weighted by atomic mass is 9.83. The Kier molecular flexibility index (Phi) is 3.53. The lowest BCUT2D eigenvalue weighted by molar-refractivity contribution is 0.197. The Labute approximate surface area is 124 Å². The highest BCUT2D eigenvalue weighted by Gasteiger charge is 2.33. The molecule has 3 rings (SSSR count). The molecule has 1 fully saturated rings. The second-order valence-corrected chi connectivity index (χ2v) is 5.90. The predicted molar refractivity (Wildman–Crippen MR) is 81.0 cm³/mol. The standard InChI is InChI=1S/C15H21N5O/c1-15(9-4-3-5-10-15)20-14(17-18-19-20)13-11(16)7-6-8-12(13)21-2/h6-8H,3-5,9-10,16H2,1-2H3. The summed E-state index contributed by atoms with van der Waals surface area (Å²) in [5.41, 5.74) is 7.49. The highest BCUT2D eigenvalue weighted by atomic mass is 16.5. The molecule has 6 heteroatoms. The van der Waals surface area contributed by atoms with Crippen molar-refractivity contribution in [1.82, 2.24) is 20.2 Å². The van der Waals surface area contributed by atoms with Crippen LogP contribution in [-0.2, 0) is 5.54 Å². The minimum atomic E-state index is -0.0512. The number of nitrogen functional groups attached to an aromatic ring is 1. The molecule has 0 saturated heterocycles. The SMILES string of the molecule is COc1cccc(N)c1-c1nnnn1C1(C)CCCCC1. The molecule has 1 saturated carbocycles. The number of aromatic nitrogens is 4. The Morgan fingerprint density at radius 2 is 2.00 bits per heavy atom. The number of nitrogens with zero attached hydrogens (tertiary/aromatic N) is 4. The van der Waals surface area contributed by atoms with E-state index in [1.165, 1.54) is 19.3 Å². The summed E-state index contributed by atoms with van der Waals surface area (Å²) in [7, 11) is 1.63. The van der Waals surface area contributed by atoms with E-state index in [2.05, 4.69) is 22.4 Å². The van der Waals surface area contributed by atoms with Gasteiger partial charge in [-0.2, -0.15) is 0 Å². The van der Waals surface area contributed by atoms with Crippen LogP contribution in [-0.4, -0.2) is 27.3 Å². The van der Waals surface area contributed by atoms with Crippen molar-refractivity contribution < 1.29 is 4.74 Å². The number of ether oxygens (including phenoxy) is 1. The average molecular weight is 287 g/mol. The fourth-order valence-electron chi connectivity index (χ4n) is 3.19. The van der Waals surface area contributed by atoms with Crippen molar-refractivity contribution in [2.45, 2.75) is 44.6 Å². The quantitative estimate of drug-likeness (QED) is 0.878. The maximum atomic E-state index is 6.14. The summed E-state index contributed by atoms with van der Waals surface area (Å²) >= 11 is 0. The summed E-state index contributed by atoms with van der Waals surface area (Å²) in [5, 5.41) is 12.4. The van der Waals surface area contributed by atoms with Gasteiger partial charge in [0.15, 0.2) is 5.82 Å². The molecule has 0 spiro atoms. The van der Waals surface area contributed by atoms with E-state index in [-0.39, 0.29) is 5.54 Å². The number of benzene rings is 1. The molecule has 112 valence electrons. The van der Waals surface area contributed by atoms with Gasteiger partial charge in [-0.3, -0.25) is 0 Å². The third-order valence-corrected chi connectivity index (χ3v) is 4.41. The Hall–Kier alpha value is -2.11. The molecule has 1 heterocycles. The first-order valence-corrected chi connectivity index (χ1v) is 7.37. The highest BCUT2D eigenvalue weighted by Crippen LogP contribution is 2.39. The number of tetrazole rings is 1. The van der Waals surface area contributed by atoms with E-state index < -0.39 is 0 Å². The molecule has 1 aromatic carbocycles. The third kappa shape index (κ3) is 2.34. The predicted octanol–water partition coefficient (Wildman–Crippen LogP) is 2.61. The van der Waals surface area contributed by atoms with E-state index in [0.29, 0.717) is 17.3 Å². The van der Waals surface area contributed by atoms with Crippen LogP contribution in [0.1, 0.15) is 39.0 Å². The Morgan fingerprint density at radius 3 is 2.71 bits per heavy atom. The second kappa shape index (κ2) is 5.35. The number of rotatable bonds is 3. The molecule has 0 bridgehead atoms. The maximum Gasteiger partial charge on any atom is 0.188 e. The summed E-state index contributed by atoms with van der Waals surface area (Å²) in [6.45, 7) is 2.22. The number of hydrogen-bond donors (Lipinski definition) is 1. The van der Waals surface area contributed by atoms with Gasteiger partial charge in [0.05, 0.1) is 18.2 Å². The molecule has 6 nitrogen and oxygen atoms in total. The van der Waals surface area contributed by atoms with Gasteiger partial charge in [-0.1, -0.05) is 25.3 Å². The van der Waals surface area contributed by atoms with Crippen LogP contribution in [0.3, 0.4) is 0 Å². The maximum absolute atomic E-state index is 6.14. The minimum absolute atomic E-state index is 0.0512. The van der Waals surface area contributed by atoms with Gasteiger partial charge in [0.1, 0.15) is 5.75 Å². The van der Waals surface area contributed by atoms with Gasteiger partial charge in [0.2, 0.25) is 0 Å². The first kappa shape index (κ1) is 13.9. The van der Waals surface area contributed by atoms with Crippen LogP contribution in [0.15, 0.2) is 18.2 Å². The zero-order chi connectivity index (χ0) is 14.9. The Morgan fingerprint density at radius 1 is 1.24 bits per heavy atom. The fourth-order valence-corrected chi connectivity index (χ4v) is 3.19. The van der Waals surface area contributed by atoms with Gasteiger partial charge in [-0.15, -0.1) is 5.10 Å². The molecule has 0 unspecified atom stereocenters. The van der Waals surface area contributed by atoms with Gasteiger partial charge in [-0.05, 0) is 42.3 Å². The van der Waals surface area contributed by atoms with E-state index in [1.807, 2.05) is 22.9 Å². The third-order valence-electron chi connectivity index (χ3n) is 4.41. The van der Waals surface area contributed by atoms with Gasteiger partial charge < -0.3 is 10.5 Å². The summed E-state index contributed by atoms with van der Waals surface area (Å²) < 4.78 is 7.37. The largest absolute Gasteiger partial charge is 0.496 e. The number of hydrogen-bond acceptors (Lipinski definition) is 5. The molecule has 0 amide bonds. The fraction of sp³-hybridized carbons (Fsp3) is 0.533. The van der Waals surface area contributed by atoms with E-state index in [9.17, 15) is 0 Å². The van der Waals surface area contributed by atoms with Crippen molar-refractivity contribution in [3.63, 3.8) is 0 Å². The number of methoxy groups -OCH3 is 1.